The van der Waals surface area contributed by atoms with Gasteiger partial charge in [-0.1, -0.05) is 6.58 Å². The van der Waals surface area contributed by atoms with Crippen LogP contribution in [0.3, 0.4) is 0 Å². The summed E-state index contributed by atoms with van der Waals surface area (Å²) in [5.41, 5.74) is 0. The summed E-state index contributed by atoms with van der Waals surface area (Å²) >= 11 is 0. The van der Waals surface area contributed by atoms with Crippen molar-refractivity contribution in [3.8, 4) is 0 Å². The molecule has 0 saturated carbocycles. The number of unbranched alkanes of at least 4 members (excludes halogenated alkanes) is 6. The maximum Gasteiger partial charge on any atom is 0.330 e. The highest BCUT2D eigenvalue weighted by molar-refractivity contribution is 5.81. The zero-order valence-electron chi connectivity index (χ0n) is 18.9. The molecule has 0 radical (unpaired) electrons. The summed E-state index contributed by atoms with van der Waals surface area (Å²) < 4.78 is 20.0. The van der Waals surface area contributed by atoms with Crippen LogP contribution in [0, 0.1) is 0 Å². The van der Waals surface area contributed by atoms with E-state index in [0.29, 0.717) is 71.4 Å². The van der Waals surface area contributed by atoms with E-state index in [0.717, 1.165) is 38.2 Å². The zero-order chi connectivity index (χ0) is 23.2. The second kappa shape index (κ2) is 20.9. The molecule has 0 aliphatic heterocycles. The summed E-state index contributed by atoms with van der Waals surface area (Å²) in [5, 5.41) is 0. The van der Waals surface area contributed by atoms with Crippen molar-refractivity contribution < 1.29 is 38.1 Å². The SMILES string of the molecule is C=CC(=O)OCCCCCC(=O)OCCCCCC(=O)OCCCCCC(=O)OCC. The molecule has 0 aromatic heterocycles. The predicted molar refractivity (Wildman–Crippen MR) is 115 cm³/mol. The minimum absolute atomic E-state index is 0.186. The summed E-state index contributed by atoms with van der Waals surface area (Å²) in [6.07, 6.45) is 8.90. The molecule has 0 aromatic rings. The van der Waals surface area contributed by atoms with Crippen LogP contribution in [-0.2, 0) is 38.1 Å². The average molecular weight is 443 g/mol. The molecule has 0 spiro atoms. The van der Waals surface area contributed by atoms with E-state index in [1.54, 1.807) is 6.92 Å². The van der Waals surface area contributed by atoms with Crippen molar-refractivity contribution in [1.29, 1.82) is 0 Å². The topological polar surface area (TPSA) is 105 Å². The highest BCUT2D eigenvalue weighted by Gasteiger charge is 2.06. The number of carbonyl (C=O) groups is 4. The Balaban J connectivity index is 3.38. The molecule has 0 N–H and O–H groups in total. The molecule has 0 aromatic carbocycles. The lowest BCUT2D eigenvalue weighted by Crippen LogP contribution is -2.08. The highest BCUT2D eigenvalue weighted by atomic mass is 16.5. The number of rotatable bonds is 20. The lowest BCUT2D eigenvalue weighted by atomic mass is 10.2. The molecule has 8 nitrogen and oxygen atoms in total. The van der Waals surface area contributed by atoms with E-state index in [-0.39, 0.29) is 17.9 Å². The van der Waals surface area contributed by atoms with Crippen molar-refractivity contribution in [3.05, 3.63) is 12.7 Å². The highest BCUT2D eigenvalue weighted by Crippen LogP contribution is 2.06. The third-order valence-corrected chi connectivity index (χ3v) is 4.32. The molecule has 0 amide bonds. The van der Waals surface area contributed by atoms with E-state index in [4.69, 9.17) is 18.9 Å². The number of ether oxygens (including phenoxy) is 4. The van der Waals surface area contributed by atoms with Gasteiger partial charge in [-0.15, -0.1) is 0 Å². The first-order chi connectivity index (χ1) is 15.0. The van der Waals surface area contributed by atoms with Gasteiger partial charge in [0.1, 0.15) is 0 Å². The first-order valence-electron chi connectivity index (χ1n) is 11.3. The van der Waals surface area contributed by atoms with Gasteiger partial charge in [-0.05, 0) is 64.7 Å². The van der Waals surface area contributed by atoms with Gasteiger partial charge in [-0.25, -0.2) is 4.79 Å². The fourth-order valence-corrected chi connectivity index (χ4v) is 2.63. The smallest absolute Gasteiger partial charge is 0.330 e. The van der Waals surface area contributed by atoms with Gasteiger partial charge in [0.25, 0.3) is 0 Å². The largest absolute Gasteiger partial charge is 0.466 e. The van der Waals surface area contributed by atoms with Crippen molar-refractivity contribution in [2.45, 2.75) is 84.0 Å². The van der Waals surface area contributed by atoms with E-state index in [9.17, 15) is 19.2 Å². The lowest BCUT2D eigenvalue weighted by Gasteiger charge is -2.06. The lowest BCUT2D eigenvalue weighted by molar-refractivity contribution is -0.145. The van der Waals surface area contributed by atoms with Gasteiger partial charge in [-0.3, -0.25) is 14.4 Å². The molecule has 0 bridgehead atoms. The summed E-state index contributed by atoms with van der Waals surface area (Å²) in [7, 11) is 0. The third kappa shape index (κ3) is 20.7. The standard InChI is InChI=1S/C23H38O8/c1-3-20(24)29-17-11-6-9-15-22(26)31-19-13-7-10-16-23(27)30-18-12-5-8-14-21(25)28-4-2/h3H,1,4-19H2,2H3. The minimum Gasteiger partial charge on any atom is -0.466 e. The van der Waals surface area contributed by atoms with Crippen molar-refractivity contribution in [2.75, 3.05) is 26.4 Å². The van der Waals surface area contributed by atoms with Crippen LogP contribution in [0.15, 0.2) is 12.7 Å². The Kier molecular flexibility index (Phi) is 19.3. The van der Waals surface area contributed by atoms with E-state index < -0.39 is 5.97 Å². The Morgan fingerprint density at radius 1 is 0.581 bits per heavy atom. The van der Waals surface area contributed by atoms with E-state index in [1.807, 2.05) is 0 Å². The fourth-order valence-electron chi connectivity index (χ4n) is 2.63. The molecular formula is C23H38O8. The van der Waals surface area contributed by atoms with Gasteiger partial charge >= 0.3 is 23.9 Å². The maximum absolute atomic E-state index is 11.6. The van der Waals surface area contributed by atoms with Gasteiger partial charge in [0, 0.05) is 25.3 Å². The van der Waals surface area contributed by atoms with Gasteiger partial charge in [0.05, 0.1) is 26.4 Å². The van der Waals surface area contributed by atoms with E-state index >= 15 is 0 Å². The van der Waals surface area contributed by atoms with Crippen LogP contribution >= 0.6 is 0 Å². The Morgan fingerprint density at radius 3 is 1.35 bits per heavy atom. The average Bonchev–Trinajstić information content (AvgIpc) is 2.75. The van der Waals surface area contributed by atoms with Crippen LogP contribution in [-0.4, -0.2) is 50.3 Å². The number of carbonyl (C=O) groups excluding carboxylic acids is 4. The Labute approximate surface area is 185 Å². The normalized spacial score (nSPS) is 10.2. The Bertz CT molecular complexity index is 530. The maximum atomic E-state index is 11.6. The Hall–Kier alpha value is -2.38. The molecule has 0 aliphatic carbocycles. The first kappa shape index (κ1) is 28.6. The van der Waals surface area contributed by atoms with Crippen LogP contribution in [0.1, 0.15) is 84.0 Å². The van der Waals surface area contributed by atoms with Gasteiger partial charge in [-0.2, -0.15) is 0 Å². The van der Waals surface area contributed by atoms with Gasteiger partial charge in [0.2, 0.25) is 0 Å². The van der Waals surface area contributed by atoms with E-state index in [2.05, 4.69) is 6.58 Å². The van der Waals surface area contributed by atoms with Crippen LogP contribution in [0.2, 0.25) is 0 Å². The van der Waals surface area contributed by atoms with Crippen LogP contribution in [0.25, 0.3) is 0 Å². The Morgan fingerprint density at radius 2 is 0.968 bits per heavy atom. The quantitative estimate of drug-likeness (QED) is 0.120. The van der Waals surface area contributed by atoms with Crippen LogP contribution in [0.4, 0.5) is 0 Å². The third-order valence-electron chi connectivity index (χ3n) is 4.32. The second-order valence-electron chi connectivity index (χ2n) is 7.05. The number of hydrogen-bond acceptors (Lipinski definition) is 8. The molecule has 31 heavy (non-hydrogen) atoms. The van der Waals surface area contributed by atoms with Crippen molar-refractivity contribution >= 4 is 23.9 Å². The molecule has 0 saturated heterocycles. The first-order valence-corrected chi connectivity index (χ1v) is 11.3. The zero-order valence-corrected chi connectivity index (χ0v) is 18.9. The summed E-state index contributed by atoms with van der Waals surface area (Å²) in [6, 6.07) is 0. The van der Waals surface area contributed by atoms with E-state index in [1.165, 1.54) is 0 Å². The van der Waals surface area contributed by atoms with Crippen LogP contribution < -0.4 is 0 Å². The van der Waals surface area contributed by atoms with Crippen molar-refractivity contribution in [3.63, 3.8) is 0 Å². The number of hydrogen-bond donors (Lipinski definition) is 0. The summed E-state index contributed by atoms with van der Waals surface area (Å²) in [5.74, 6) is -1.07. The van der Waals surface area contributed by atoms with Crippen molar-refractivity contribution in [2.24, 2.45) is 0 Å². The fraction of sp³-hybridized carbons (Fsp3) is 0.739. The molecule has 0 atom stereocenters. The molecule has 8 heteroatoms. The summed E-state index contributed by atoms with van der Waals surface area (Å²) in [4.78, 5) is 45.3. The molecule has 0 heterocycles. The van der Waals surface area contributed by atoms with Crippen LogP contribution in [0.5, 0.6) is 0 Å². The molecule has 0 fully saturated rings. The molecular weight excluding hydrogens is 404 g/mol. The van der Waals surface area contributed by atoms with Crippen molar-refractivity contribution in [1.82, 2.24) is 0 Å². The predicted octanol–water partition coefficient (Wildman–Crippen LogP) is 4.05. The molecule has 0 aliphatic rings. The monoisotopic (exact) mass is 442 g/mol. The number of esters is 4. The molecule has 178 valence electrons. The molecule has 0 unspecified atom stereocenters. The summed E-state index contributed by atoms with van der Waals surface area (Å²) in [6.45, 7) is 6.55. The van der Waals surface area contributed by atoms with Gasteiger partial charge in [0.15, 0.2) is 0 Å². The minimum atomic E-state index is -0.435. The van der Waals surface area contributed by atoms with Gasteiger partial charge < -0.3 is 18.9 Å². The molecule has 0 rings (SSSR count). The second-order valence-corrected chi connectivity index (χ2v) is 7.05.